The van der Waals surface area contributed by atoms with E-state index >= 15 is 0 Å². The van der Waals surface area contributed by atoms with Gasteiger partial charge >= 0.3 is 0 Å². The Morgan fingerprint density at radius 2 is 2.33 bits per heavy atom. The van der Waals surface area contributed by atoms with E-state index in [-0.39, 0.29) is 0 Å². The molecule has 0 amide bonds. The van der Waals surface area contributed by atoms with Crippen molar-refractivity contribution < 1.29 is 4.74 Å². The summed E-state index contributed by atoms with van der Waals surface area (Å²) in [6, 6.07) is 8.34. The summed E-state index contributed by atoms with van der Waals surface area (Å²) in [4.78, 5) is 5.15. The second kappa shape index (κ2) is 5.68. The Balaban J connectivity index is 1.64. The first-order valence-electron chi connectivity index (χ1n) is 6.41. The van der Waals surface area contributed by atoms with Crippen LogP contribution in [-0.4, -0.2) is 22.5 Å². The topological polar surface area (TPSA) is 22.1 Å². The van der Waals surface area contributed by atoms with Crippen molar-refractivity contribution in [3.05, 3.63) is 29.3 Å². The number of fused-ring (bicyclic) bond motifs is 1. The second-order valence-corrected chi connectivity index (χ2v) is 7.16. The Morgan fingerprint density at radius 1 is 1.44 bits per heavy atom. The van der Waals surface area contributed by atoms with Gasteiger partial charge in [0, 0.05) is 17.9 Å². The number of hydrogen-bond donors (Lipinski definition) is 0. The lowest BCUT2D eigenvalue weighted by atomic mass is 10.1. The van der Waals surface area contributed by atoms with E-state index in [4.69, 9.17) is 4.74 Å². The van der Waals surface area contributed by atoms with Gasteiger partial charge in [-0.2, -0.15) is 0 Å². The molecule has 0 N–H and O–H groups in total. The zero-order chi connectivity index (χ0) is 12.4. The maximum absolute atomic E-state index is 5.67. The molecular formula is C14H16BrNOS. The van der Waals surface area contributed by atoms with Gasteiger partial charge in [-0.25, -0.2) is 4.98 Å². The highest BCUT2D eigenvalue weighted by Gasteiger charge is 2.20. The number of halogens is 1. The molecule has 2 atom stereocenters. The predicted molar refractivity (Wildman–Crippen MR) is 79.6 cm³/mol. The number of alkyl halides is 1. The van der Waals surface area contributed by atoms with E-state index in [0.29, 0.717) is 10.9 Å². The van der Waals surface area contributed by atoms with E-state index < -0.39 is 0 Å². The van der Waals surface area contributed by atoms with Gasteiger partial charge in [0.2, 0.25) is 0 Å². The lowest BCUT2D eigenvalue weighted by Gasteiger charge is -2.13. The van der Waals surface area contributed by atoms with Crippen LogP contribution in [0.25, 0.3) is 10.2 Å². The molecule has 3 rings (SSSR count). The summed E-state index contributed by atoms with van der Waals surface area (Å²) in [5.74, 6) is 0. The zero-order valence-electron chi connectivity index (χ0n) is 10.1. The molecule has 1 aliphatic rings. The van der Waals surface area contributed by atoms with Crippen molar-refractivity contribution in [1.82, 2.24) is 4.98 Å². The van der Waals surface area contributed by atoms with Crippen molar-refractivity contribution in [2.45, 2.75) is 36.6 Å². The van der Waals surface area contributed by atoms with Gasteiger partial charge in [0.05, 0.1) is 21.3 Å². The van der Waals surface area contributed by atoms with Gasteiger partial charge in [0.25, 0.3) is 0 Å². The van der Waals surface area contributed by atoms with Crippen LogP contribution in [0.4, 0.5) is 0 Å². The highest BCUT2D eigenvalue weighted by atomic mass is 79.9. The third-order valence-corrected chi connectivity index (χ3v) is 5.03. The lowest BCUT2D eigenvalue weighted by Crippen LogP contribution is -2.14. The van der Waals surface area contributed by atoms with E-state index in [2.05, 4.69) is 39.1 Å². The van der Waals surface area contributed by atoms with E-state index in [1.807, 2.05) is 6.07 Å². The molecular weight excluding hydrogens is 310 g/mol. The van der Waals surface area contributed by atoms with Crippen molar-refractivity contribution in [2.24, 2.45) is 0 Å². The molecule has 0 bridgehead atoms. The molecule has 0 radical (unpaired) electrons. The number of hydrogen-bond acceptors (Lipinski definition) is 3. The number of para-hydroxylation sites is 1. The molecule has 18 heavy (non-hydrogen) atoms. The maximum Gasteiger partial charge on any atom is 0.0949 e. The molecule has 0 aliphatic carbocycles. The fraction of sp³-hybridized carbons (Fsp3) is 0.500. The largest absolute Gasteiger partial charge is 0.378 e. The third kappa shape index (κ3) is 2.92. The van der Waals surface area contributed by atoms with E-state index in [0.717, 1.165) is 25.0 Å². The molecule has 1 fully saturated rings. The number of thiazole rings is 1. The van der Waals surface area contributed by atoms with Crippen molar-refractivity contribution in [3.8, 4) is 0 Å². The average Bonchev–Trinajstić information content (AvgIpc) is 2.96. The van der Waals surface area contributed by atoms with Crippen molar-refractivity contribution in [2.75, 3.05) is 6.61 Å². The monoisotopic (exact) mass is 325 g/mol. The Morgan fingerprint density at radius 3 is 3.11 bits per heavy atom. The van der Waals surface area contributed by atoms with Gasteiger partial charge in [-0.3, -0.25) is 0 Å². The molecule has 2 aromatic rings. The second-order valence-electron chi connectivity index (χ2n) is 4.75. The normalized spacial score (nSPS) is 21.5. The summed E-state index contributed by atoms with van der Waals surface area (Å²) >= 11 is 5.57. The Labute approximate surface area is 120 Å². The number of ether oxygens (including phenoxy) is 1. The van der Waals surface area contributed by atoms with Crippen LogP contribution >= 0.6 is 27.3 Å². The minimum Gasteiger partial charge on any atom is -0.378 e. The molecule has 96 valence electrons. The summed E-state index contributed by atoms with van der Waals surface area (Å²) in [5.41, 5.74) is 1.12. The van der Waals surface area contributed by atoms with Gasteiger partial charge in [-0.1, -0.05) is 28.1 Å². The van der Waals surface area contributed by atoms with Gasteiger partial charge in [0.1, 0.15) is 0 Å². The van der Waals surface area contributed by atoms with Crippen LogP contribution in [0.1, 0.15) is 24.3 Å². The summed E-state index contributed by atoms with van der Waals surface area (Å²) < 4.78 is 6.95. The highest BCUT2D eigenvalue weighted by molar-refractivity contribution is 9.09. The first-order chi connectivity index (χ1) is 8.81. The van der Waals surface area contributed by atoms with E-state index in [1.165, 1.54) is 22.5 Å². The molecule has 1 saturated heterocycles. The Bertz CT molecular complexity index is 488. The average molecular weight is 326 g/mol. The standard InChI is InChI=1S/C14H16BrNOS/c15-10(8-11-4-3-7-17-11)9-14-16-12-5-1-2-6-13(12)18-14/h1-2,5-6,10-11H,3-4,7-9H2. The maximum atomic E-state index is 5.67. The van der Waals surface area contributed by atoms with Gasteiger partial charge in [-0.15, -0.1) is 11.3 Å². The van der Waals surface area contributed by atoms with Crippen LogP contribution < -0.4 is 0 Å². The zero-order valence-corrected chi connectivity index (χ0v) is 12.5. The number of aromatic nitrogens is 1. The van der Waals surface area contributed by atoms with Crippen LogP contribution in [0.2, 0.25) is 0 Å². The first kappa shape index (κ1) is 12.6. The SMILES string of the molecule is BrC(Cc1nc2ccccc2s1)CC1CCCO1. The minimum atomic E-state index is 0.448. The smallest absolute Gasteiger partial charge is 0.0949 e. The summed E-state index contributed by atoms with van der Waals surface area (Å²) in [6.07, 6.45) is 4.96. The molecule has 1 aliphatic heterocycles. The Hall–Kier alpha value is -0.450. The molecule has 1 aromatic carbocycles. The minimum absolute atomic E-state index is 0.448. The first-order valence-corrected chi connectivity index (χ1v) is 8.14. The quantitative estimate of drug-likeness (QED) is 0.787. The number of benzene rings is 1. The summed E-state index contributed by atoms with van der Waals surface area (Å²) in [7, 11) is 0. The van der Waals surface area contributed by atoms with Gasteiger partial charge in [-0.05, 0) is 31.4 Å². The van der Waals surface area contributed by atoms with Crippen molar-refractivity contribution in [3.63, 3.8) is 0 Å². The van der Waals surface area contributed by atoms with Crippen molar-refractivity contribution in [1.29, 1.82) is 0 Å². The Kier molecular flexibility index (Phi) is 3.97. The van der Waals surface area contributed by atoms with Crippen LogP contribution in [0.3, 0.4) is 0 Å². The van der Waals surface area contributed by atoms with Gasteiger partial charge < -0.3 is 4.74 Å². The molecule has 2 nitrogen and oxygen atoms in total. The molecule has 2 heterocycles. The molecule has 0 spiro atoms. The molecule has 4 heteroatoms. The fourth-order valence-electron chi connectivity index (χ4n) is 2.40. The predicted octanol–water partition coefficient (Wildman–Crippen LogP) is 4.17. The molecule has 1 aromatic heterocycles. The number of rotatable bonds is 4. The van der Waals surface area contributed by atoms with Gasteiger partial charge in [0.15, 0.2) is 0 Å². The van der Waals surface area contributed by atoms with Crippen LogP contribution in [0, 0.1) is 0 Å². The van der Waals surface area contributed by atoms with Crippen molar-refractivity contribution >= 4 is 37.5 Å². The van der Waals surface area contributed by atoms with Crippen LogP contribution in [-0.2, 0) is 11.2 Å². The van der Waals surface area contributed by atoms with Crippen LogP contribution in [0.15, 0.2) is 24.3 Å². The molecule has 0 saturated carbocycles. The summed E-state index contributed by atoms with van der Waals surface area (Å²) in [6.45, 7) is 0.936. The fourth-order valence-corrected chi connectivity index (χ4v) is 4.38. The molecule has 2 unspecified atom stereocenters. The number of nitrogens with zero attached hydrogens (tertiary/aromatic N) is 1. The third-order valence-electron chi connectivity index (χ3n) is 3.28. The lowest BCUT2D eigenvalue weighted by molar-refractivity contribution is 0.104. The van der Waals surface area contributed by atoms with E-state index in [9.17, 15) is 0 Å². The van der Waals surface area contributed by atoms with E-state index in [1.54, 1.807) is 11.3 Å². The summed E-state index contributed by atoms with van der Waals surface area (Å²) in [5, 5.41) is 1.22. The van der Waals surface area contributed by atoms with Crippen LogP contribution in [0.5, 0.6) is 0 Å². The highest BCUT2D eigenvalue weighted by Crippen LogP contribution is 2.27.